The number of pyridine rings is 1. The smallest absolute Gasteiger partial charge is 0.252 e. The van der Waals surface area contributed by atoms with E-state index in [0.717, 1.165) is 12.2 Å². The van der Waals surface area contributed by atoms with E-state index in [-0.39, 0.29) is 5.91 Å². The second-order valence-electron chi connectivity index (χ2n) is 5.02. The number of alkyl halides is 1. The van der Waals surface area contributed by atoms with Crippen LogP contribution in [0.4, 0.5) is 0 Å². The highest BCUT2D eigenvalue weighted by Gasteiger charge is 2.19. The zero-order valence-corrected chi connectivity index (χ0v) is 12.2. The Hall–Kier alpha value is -0.900. The Labute approximate surface area is 117 Å². The Morgan fingerprint density at radius 3 is 2.72 bits per heavy atom. The van der Waals surface area contributed by atoms with E-state index >= 15 is 0 Å². The lowest BCUT2D eigenvalue weighted by Crippen LogP contribution is -2.31. The van der Waals surface area contributed by atoms with Gasteiger partial charge in [-0.1, -0.05) is 15.9 Å². The summed E-state index contributed by atoms with van der Waals surface area (Å²) in [7, 11) is 0. The van der Waals surface area contributed by atoms with Gasteiger partial charge in [0.1, 0.15) is 0 Å². The number of aryl methyl sites for hydroxylation is 1. The number of halogens is 1. The van der Waals surface area contributed by atoms with Gasteiger partial charge in [0.25, 0.3) is 5.91 Å². The summed E-state index contributed by atoms with van der Waals surface area (Å²) >= 11 is 3.64. The zero-order chi connectivity index (χ0) is 13.0. The van der Waals surface area contributed by atoms with Gasteiger partial charge in [-0.25, -0.2) is 0 Å². The molecule has 0 unspecified atom stereocenters. The van der Waals surface area contributed by atoms with E-state index in [1.165, 1.54) is 25.7 Å². The van der Waals surface area contributed by atoms with Crippen molar-refractivity contribution in [2.45, 2.75) is 37.4 Å². The summed E-state index contributed by atoms with van der Waals surface area (Å²) in [6.07, 6.45) is 6.46. The van der Waals surface area contributed by atoms with E-state index < -0.39 is 0 Å². The van der Waals surface area contributed by atoms with E-state index in [9.17, 15) is 4.79 Å². The average Bonchev–Trinajstić information content (AvgIpc) is 2.38. The predicted molar refractivity (Wildman–Crippen MR) is 76.0 cm³/mol. The van der Waals surface area contributed by atoms with E-state index in [4.69, 9.17) is 0 Å². The van der Waals surface area contributed by atoms with Crippen LogP contribution >= 0.6 is 15.9 Å². The number of nitrogens with zero attached hydrogens (tertiary/aromatic N) is 1. The van der Waals surface area contributed by atoms with Crippen LogP contribution in [0.3, 0.4) is 0 Å². The fourth-order valence-corrected chi connectivity index (χ4v) is 2.80. The second-order valence-corrected chi connectivity index (χ2v) is 6.31. The highest BCUT2D eigenvalue weighted by Crippen LogP contribution is 2.28. The molecule has 4 heteroatoms. The van der Waals surface area contributed by atoms with Crippen molar-refractivity contribution in [3.63, 3.8) is 0 Å². The molecule has 0 radical (unpaired) electrons. The maximum absolute atomic E-state index is 11.9. The Morgan fingerprint density at radius 2 is 2.11 bits per heavy atom. The topological polar surface area (TPSA) is 42.0 Å². The first kappa shape index (κ1) is 13.5. The van der Waals surface area contributed by atoms with Gasteiger partial charge in [0.15, 0.2) is 0 Å². The van der Waals surface area contributed by atoms with Crippen LogP contribution in [0.25, 0.3) is 0 Å². The molecule has 1 heterocycles. The van der Waals surface area contributed by atoms with Crippen LogP contribution in [0.2, 0.25) is 0 Å². The van der Waals surface area contributed by atoms with Crippen LogP contribution in [-0.2, 0) is 0 Å². The first-order valence-electron chi connectivity index (χ1n) is 6.50. The van der Waals surface area contributed by atoms with Gasteiger partial charge in [0.2, 0.25) is 0 Å². The Kier molecular flexibility index (Phi) is 4.75. The van der Waals surface area contributed by atoms with Crippen LogP contribution in [0.5, 0.6) is 0 Å². The Morgan fingerprint density at radius 1 is 1.39 bits per heavy atom. The SMILES string of the molecule is Cc1ccc(C(=O)NCC2CCC(Br)CC2)cn1. The normalized spacial score (nSPS) is 23.7. The summed E-state index contributed by atoms with van der Waals surface area (Å²) in [5.74, 6) is 0.615. The van der Waals surface area contributed by atoms with Gasteiger partial charge in [0, 0.05) is 23.3 Å². The van der Waals surface area contributed by atoms with Crippen LogP contribution in [0.15, 0.2) is 18.3 Å². The van der Waals surface area contributed by atoms with Crippen molar-refractivity contribution < 1.29 is 4.79 Å². The van der Waals surface area contributed by atoms with Crippen molar-refractivity contribution in [1.82, 2.24) is 10.3 Å². The van der Waals surface area contributed by atoms with Gasteiger partial charge in [-0.05, 0) is 50.7 Å². The molecule has 0 aromatic carbocycles. The molecule has 0 bridgehead atoms. The first-order valence-corrected chi connectivity index (χ1v) is 7.41. The maximum Gasteiger partial charge on any atom is 0.252 e. The third kappa shape index (κ3) is 3.80. The molecule has 1 N–H and O–H groups in total. The third-order valence-corrected chi connectivity index (χ3v) is 4.42. The molecule has 1 aromatic heterocycles. The van der Waals surface area contributed by atoms with Crippen molar-refractivity contribution >= 4 is 21.8 Å². The minimum atomic E-state index is -0.0107. The van der Waals surface area contributed by atoms with Gasteiger partial charge in [-0.2, -0.15) is 0 Å². The molecule has 1 aromatic rings. The van der Waals surface area contributed by atoms with Crippen molar-refractivity contribution in [3.8, 4) is 0 Å². The fraction of sp³-hybridized carbons (Fsp3) is 0.571. The summed E-state index contributed by atoms with van der Waals surface area (Å²) in [6, 6.07) is 3.69. The zero-order valence-electron chi connectivity index (χ0n) is 10.7. The van der Waals surface area contributed by atoms with Crippen LogP contribution in [0.1, 0.15) is 41.7 Å². The summed E-state index contributed by atoms with van der Waals surface area (Å²) < 4.78 is 0. The molecule has 1 aliphatic carbocycles. The molecule has 18 heavy (non-hydrogen) atoms. The molecule has 1 amide bonds. The average molecular weight is 311 g/mol. The summed E-state index contributed by atoms with van der Waals surface area (Å²) in [5, 5.41) is 3.01. The van der Waals surface area contributed by atoms with Crippen molar-refractivity contribution in [1.29, 1.82) is 0 Å². The number of nitrogens with one attached hydrogen (secondary N) is 1. The lowest BCUT2D eigenvalue weighted by atomic mass is 9.89. The van der Waals surface area contributed by atoms with Crippen LogP contribution in [0, 0.1) is 12.8 Å². The third-order valence-electron chi connectivity index (χ3n) is 3.50. The molecule has 0 saturated heterocycles. The van der Waals surface area contributed by atoms with E-state index in [1.807, 2.05) is 19.1 Å². The standard InChI is InChI=1S/C14H19BrN2O/c1-10-2-5-12(9-16-10)14(18)17-8-11-3-6-13(15)7-4-11/h2,5,9,11,13H,3-4,6-8H2,1H3,(H,17,18). The van der Waals surface area contributed by atoms with Gasteiger partial charge in [-0.3, -0.25) is 9.78 Å². The number of hydrogen-bond donors (Lipinski definition) is 1. The molecular formula is C14H19BrN2O. The highest BCUT2D eigenvalue weighted by atomic mass is 79.9. The second kappa shape index (κ2) is 6.32. The summed E-state index contributed by atoms with van der Waals surface area (Å²) in [5.41, 5.74) is 1.58. The number of carbonyl (C=O) groups is 1. The Bertz CT molecular complexity index is 397. The van der Waals surface area contributed by atoms with Gasteiger partial charge < -0.3 is 5.32 Å². The molecule has 1 saturated carbocycles. The van der Waals surface area contributed by atoms with Crippen LogP contribution in [-0.4, -0.2) is 22.3 Å². The van der Waals surface area contributed by atoms with E-state index in [0.29, 0.717) is 16.3 Å². The monoisotopic (exact) mass is 310 g/mol. The van der Waals surface area contributed by atoms with Crippen molar-refractivity contribution in [2.24, 2.45) is 5.92 Å². The van der Waals surface area contributed by atoms with Gasteiger partial charge in [-0.15, -0.1) is 0 Å². The van der Waals surface area contributed by atoms with E-state index in [2.05, 4.69) is 26.2 Å². The maximum atomic E-state index is 11.9. The number of rotatable bonds is 3. The molecule has 3 nitrogen and oxygen atoms in total. The number of carbonyl (C=O) groups excluding carboxylic acids is 1. The number of hydrogen-bond acceptors (Lipinski definition) is 2. The lowest BCUT2D eigenvalue weighted by molar-refractivity contribution is 0.0943. The van der Waals surface area contributed by atoms with Crippen LogP contribution < -0.4 is 5.32 Å². The largest absolute Gasteiger partial charge is 0.352 e. The van der Waals surface area contributed by atoms with Gasteiger partial charge in [0.05, 0.1) is 5.56 Å². The number of aromatic nitrogens is 1. The Balaban J connectivity index is 1.79. The molecule has 1 fully saturated rings. The summed E-state index contributed by atoms with van der Waals surface area (Å²) in [6.45, 7) is 2.70. The molecule has 0 atom stereocenters. The summed E-state index contributed by atoms with van der Waals surface area (Å²) in [4.78, 5) is 16.7. The lowest BCUT2D eigenvalue weighted by Gasteiger charge is -2.25. The highest BCUT2D eigenvalue weighted by molar-refractivity contribution is 9.09. The molecular weight excluding hydrogens is 292 g/mol. The van der Waals surface area contributed by atoms with Crippen molar-refractivity contribution in [2.75, 3.05) is 6.54 Å². The quantitative estimate of drug-likeness (QED) is 0.872. The van der Waals surface area contributed by atoms with E-state index in [1.54, 1.807) is 6.20 Å². The molecule has 1 aliphatic rings. The molecule has 0 spiro atoms. The van der Waals surface area contributed by atoms with Gasteiger partial charge >= 0.3 is 0 Å². The molecule has 98 valence electrons. The minimum absolute atomic E-state index is 0.0107. The number of amides is 1. The fourth-order valence-electron chi connectivity index (χ4n) is 2.27. The minimum Gasteiger partial charge on any atom is -0.352 e. The molecule has 0 aliphatic heterocycles. The first-order chi connectivity index (χ1) is 8.65. The molecule has 2 rings (SSSR count). The van der Waals surface area contributed by atoms with Crippen molar-refractivity contribution in [3.05, 3.63) is 29.6 Å². The predicted octanol–water partition coefficient (Wildman–Crippen LogP) is 3.07.